The molecule has 5 heteroatoms. The molecule has 1 aliphatic heterocycles. The predicted octanol–water partition coefficient (Wildman–Crippen LogP) is 3.07. The van der Waals surface area contributed by atoms with E-state index in [0.717, 1.165) is 30.0 Å². The molecule has 0 radical (unpaired) electrons. The minimum atomic E-state index is 0.107. The molecule has 0 saturated carbocycles. The Kier molecular flexibility index (Phi) is 4.65. The van der Waals surface area contributed by atoms with Crippen LogP contribution in [-0.2, 0) is 12.8 Å². The van der Waals surface area contributed by atoms with E-state index in [2.05, 4.69) is 16.3 Å². The second kappa shape index (κ2) is 6.86. The SMILES string of the molecule is COc1ccc2c(c1)OCC(Cc1ccc(OC(C)C)nn1)C2. The third-order valence-electron chi connectivity index (χ3n) is 3.81. The van der Waals surface area contributed by atoms with E-state index in [1.165, 1.54) is 5.56 Å². The summed E-state index contributed by atoms with van der Waals surface area (Å²) < 4.78 is 16.6. The fraction of sp³-hybridized carbons (Fsp3) is 0.444. The van der Waals surface area contributed by atoms with Crippen LogP contribution in [0.1, 0.15) is 25.1 Å². The van der Waals surface area contributed by atoms with Gasteiger partial charge in [-0.1, -0.05) is 6.07 Å². The van der Waals surface area contributed by atoms with E-state index in [4.69, 9.17) is 14.2 Å². The van der Waals surface area contributed by atoms with E-state index in [1.807, 2.05) is 38.1 Å². The number of benzene rings is 1. The van der Waals surface area contributed by atoms with Crippen molar-refractivity contribution < 1.29 is 14.2 Å². The number of rotatable bonds is 5. The lowest BCUT2D eigenvalue weighted by Gasteiger charge is -2.25. The third-order valence-corrected chi connectivity index (χ3v) is 3.81. The fourth-order valence-electron chi connectivity index (χ4n) is 2.73. The second-order valence-corrected chi connectivity index (χ2v) is 6.09. The Labute approximate surface area is 136 Å². The first-order chi connectivity index (χ1) is 11.1. The molecule has 0 fully saturated rings. The molecule has 0 aliphatic carbocycles. The molecule has 1 aliphatic rings. The lowest BCUT2D eigenvalue weighted by Crippen LogP contribution is -2.23. The molecule has 0 N–H and O–H groups in total. The minimum absolute atomic E-state index is 0.107. The van der Waals surface area contributed by atoms with Gasteiger partial charge in [-0.2, -0.15) is 5.10 Å². The van der Waals surface area contributed by atoms with Gasteiger partial charge in [0.25, 0.3) is 0 Å². The molecule has 1 atom stereocenters. The van der Waals surface area contributed by atoms with Crippen LogP contribution in [0.15, 0.2) is 30.3 Å². The Morgan fingerprint density at radius 1 is 1.22 bits per heavy atom. The van der Waals surface area contributed by atoms with Gasteiger partial charge in [0, 0.05) is 18.1 Å². The molecule has 2 heterocycles. The average molecular weight is 314 g/mol. The van der Waals surface area contributed by atoms with Crippen molar-refractivity contribution in [3.63, 3.8) is 0 Å². The topological polar surface area (TPSA) is 53.5 Å². The van der Waals surface area contributed by atoms with Gasteiger partial charge in [-0.3, -0.25) is 0 Å². The first-order valence-electron chi connectivity index (χ1n) is 7.93. The van der Waals surface area contributed by atoms with Crippen molar-refractivity contribution >= 4 is 0 Å². The van der Waals surface area contributed by atoms with Crippen molar-refractivity contribution in [2.24, 2.45) is 5.92 Å². The summed E-state index contributed by atoms with van der Waals surface area (Å²) in [5.41, 5.74) is 2.18. The normalized spacial score (nSPS) is 16.6. The zero-order valence-corrected chi connectivity index (χ0v) is 13.8. The summed E-state index contributed by atoms with van der Waals surface area (Å²) in [6.07, 6.45) is 1.93. The first-order valence-corrected chi connectivity index (χ1v) is 7.93. The third kappa shape index (κ3) is 3.92. The molecule has 122 valence electrons. The Bertz CT molecular complexity index is 656. The lowest BCUT2D eigenvalue weighted by atomic mass is 9.92. The summed E-state index contributed by atoms with van der Waals surface area (Å²) in [6.45, 7) is 4.63. The Morgan fingerprint density at radius 3 is 2.78 bits per heavy atom. The molecule has 5 nitrogen and oxygen atoms in total. The zero-order valence-electron chi connectivity index (χ0n) is 13.8. The number of hydrogen-bond acceptors (Lipinski definition) is 5. The van der Waals surface area contributed by atoms with Crippen LogP contribution in [-0.4, -0.2) is 30.0 Å². The van der Waals surface area contributed by atoms with Crippen LogP contribution in [0.5, 0.6) is 17.4 Å². The second-order valence-electron chi connectivity index (χ2n) is 6.09. The van der Waals surface area contributed by atoms with E-state index >= 15 is 0 Å². The highest BCUT2D eigenvalue weighted by atomic mass is 16.5. The molecule has 1 aromatic carbocycles. The van der Waals surface area contributed by atoms with Crippen LogP contribution >= 0.6 is 0 Å². The van der Waals surface area contributed by atoms with Gasteiger partial charge < -0.3 is 14.2 Å². The number of ether oxygens (including phenoxy) is 3. The van der Waals surface area contributed by atoms with E-state index in [0.29, 0.717) is 18.4 Å². The van der Waals surface area contributed by atoms with Crippen molar-refractivity contribution in [1.29, 1.82) is 0 Å². The van der Waals surface area contributed by atoms with Crippen LogP contribution < -0.4 is 14.2 Å². The van der Waals surface area contributed by atoms with Gasteiger partial charge in [0.15, 0.2) is 0 Å². The molecule has 2 aromatic rings. The molecule has 1 unspecified atom stereocenters. The Morgan fingerprint density at radius 2 is 2.09 bits per heavy atom. The van der Waals surface area contributed by atoms with Crippen molar-refractivity contribution in [3.8, 4) is 17.4 Å². The van der Waals surface area contributed by atoms with Crippen molar-refractivity contribution in [1.82, 2.24) is 10.2 Å². The molecule has 0 bridgehead atoms. The van der Waals surface area contributed by atoms with Crippen molar-refractivity contribution in [3.05, 3.63) is 41.6 Å². The van der Waals surface area contributed by atoms with Crippen molar-refractivity contribution in [2.45, 2.75) is 32.8 Å². The average Bonchev–Trinajstić information content (AvgIpc) is 2.55. The molecule has 3 rings (SSSR count). The summed E-state index contributed by atoms with van der Waals surface area (Å²) in [5, 5.41) is 8.38. The van der Waals surface area contributed by atoms with E-state index < -0.39 is 0 Å². The first kappa shape index (κ1) is 15.6. The van der Waals surface area contributed by atoms with Crippen LogP contribution in [0.3, 0.4) is 0 Å². The van der Waals surface area contributed by atoms with E-state index in [9.17, 15) is 0 Å². The Balaban J connectivity index is 1.63. The highest BCUT2D eigenvalue weighted by Gasteiger charge is 2.21. The maximum absolute atomic E-state index is 5.87. The maximum atomic E-state index is 5.87. The quantitative estimate of drug-likeness (QED) is 0.849. The summed E-state index contributed by atoms with van der Waals surface area (Å²) in [6, 6.07) is 9.86. The highest BCUT2D eigenvalue weighted by molar-refractivity contribution is 5.42. The zero-order chi connectivity index (χ0) is 16.2. The maximum Gasteiger partial charge on any atom is 0.233 e. The van der Waals surface area contributed by atoms with Gasteiger partial charge in [-0.05, 0) is 44.4 Å². The number of methoxy groups -OCH3 is 1. The molecule has 0 amide bonds. The van der Waals surface area contributed by atoms with Crippen LogP contribution in [0.25, 0.3) is 0 Å². The summed E-state index contributed by atoms with van der Waals surface area (Å²) in [7, 11) is 1.67. The Hall–Kier alpha value is -2.30. The standard InChI is InChI=1S/C18H22N2O3/c1-12(2)23-18-7-5-15(19-20-18)9-13-8-14-4-6-16(21-3)10-17(14)22-11-13/h4-7,10,12-13H,8-9,11H2,1-3H3. The highest BCUT2D eigenvalue weighted by Crippen LogP contribution is 2.31. The monoisotopic (exact) mass is 314 g/mol. The number of fused-ring (bicyclic) bond motifs is 1. The van der Waals surface area contributed by atoms with Gasteiger partial charge >= 0.3 is 0 Å². The summed E-state index contributed by atoms with van der Waals surface area (Å²) in [5.74, 6) is 2.73. The molecule has 0 spiro atoms. The smallest absolute Gasteiger partial charge is 0.233 e. The minimum Gasteiger partial charge on any atom is -0.497 e. The number of aromatic nitrogens is 2. The van der Waals surface area contributed by atoms with Gasteiger partial charge in [0.1, 0.15) is 11.5 Å². The summed E-state index contributed by atoms with van der Waals surface area (Å²) >= 11 is 0. The largest absolute Gasteiger partial charge is 0.497 e. The molecular weight excluding hydrogens is 292 g/mol. The van der Waals surface area contributed by atoms with Gasteiger partial charge in [-0.25, -0.2) is 0 Å². The van der Waals surface area contributed by atoms with E-state index in [1.54, 1.807) is 7.11 Å². The molecular formula is C18H22N2O3. The van der Waals surface area contributed by atoms with Gasteiger partial charge in [-0.15, -0.1) is 5.10 Å². The predicted molar refractivity (Wildman–Crippen MR) is 87.2 cm³/mol. The molecule has 0 saturated heterocycles. The van der Waals surface area contributed by atoms with E-state index in [-0.39, 0.29) is 6.10 Å². The van der Waals surface area contributed by atoms with Crippen LogP contribution in [0.2, 0.25) is 0 Å². The van der Waals surface area contributed by atoms with Gasteiger partial charge in [0.2, 0.25) is 5.88 Å². The lowest BCUT2D eigenvalue weighted by molar-refractivity contribution is 0.217. The number of nitrogens with zero attached hydrogens (tertiary/aromatic N) is 2. The van der Waals surface area contributed by atoms with Crippen molar-refractivity contribution in [2.75, 3.05) is 13.7 Å². The van der Waals surface area contributed by atoms with Crippen LogP contribution in [0.4, 0.5) is 0 Å². The molecule has 1 aromatic heterocycles. The fourth-order valence-corrected chi connectivity index (χ4v) is 2.73. The van der Waals surface area contributed by atoms with Crippen LogP contribution in [0, 0.1) is 5.92 Å². The van der Waals surface area contributed by atoms with Gasteiger partial charge in [0.05, 0.1) is 25.5 Å². The number of hydrogen-bond donors (Lipinski definition) is 0. The molecule has 23 heavy (non-hydrogen) atoms. The summed E-state index contributed by atoms with van der Waals surface area (Å²) in [4.78, 5) is 0.